The van der Waals surface area contributed by atoms with Gasteiger partial charge in [0, 0.05) is 6.42 Å². The van der Waals surface area contributed by atoms with Crippen LogP contribution in [0.5, 0.6) is 0 Å². The molecule has 0 amide bonds. The summed E-state index contributed by atoms with van der Waals surface area (Å²) < 4.78 is 5.44. The van der Waals surface area contributed by atoms with E-state index < -0.39 is 0 Å². The largest absolute Gasteiger partial charge is 0.339 e. The first kappa shape index (κ1) is 13.1. The van der Waals surface area contributed by atoms with Gasteiger partial charge >= 0.3 is 0 Å². The molecule has 2 aliphatic rings. The second kappa shape index (κ2) is 5.61. The van der Waals surface area contributed by atoms with Crippen molar-refractivity contribution in [2.24, 2.45) is 11.7 Å². The highest BCUT2D eigenvalue weighted by Gasteiger charge is 2.36. The van der Waals surface area contributed by atoms with Gasteiger partial charge in [0.2, 0.25) is 5.89 Å². The maximum absolute atomic E-state index is 6.37. The van der Waals surface area contributed by atoms with Crippen LogP contribution in [0, 0.1) is 5.92 Å². The summed E-state index contributed by atoms with van der Waals surface area (Å²) in [6.45, 7) is 0. The van der Waals surface area contributed by atoms with Crippen molar-refractivity contribution in [2.75, 3.05) is 0 Å². The van der Waals surface area contributed by atoms with E-state index in [0.717, 1.165) is 36.9 Å². The van der Waals surface area contributed by atoms with Crippen molar-refractivity contribution in [1.29, 1.82) is 0 Å². The van der Waals surface area contributed by atoms with E-state index >= 15 is 0 Å². The molecule has 19 heavy (non-hydrogen) atoms. The number of aromatic nitrogens is 2. The Kier molecular flexibility index (Phi) is 3.87. The maximum Gasteiger partial charge on any atom is 0.226 e. The topological polar surface area (TPSA) is 64.9 Å². The third-order valence-corrected chi connectivity index (χ3v) is 4.85. The minimum absolute atomic E-state index is 0.314. The van der Waals surface area contributed by atoms with Gasteiger partial charge in [-0.2, -0.15) is 4.98 Å². The molecule has 0 radical (unpaired) electrons. The summed E-state index contributed by atoms with van der Waals surface area (Å²) in [5, 5.41) is 4.15. The molecule has 0 saturated heterocycles. The van der Waals surface area contributed by atoms with Gasteiger partial charge in [-0.3, -0.25) is 0 Å². The molecule has 0 unspecified atom stereocenters. The lowest BCUT2D eigenvalue weighted by atomic mass is 9.96. The van der Waals surface area contributed by atoms with E-state index in [2.05, 4.69) is 10.1 Å². The molecular weight excluding hydrogens is 238 g/mol. The molecule has 2 saturated carbocycles. The van der Waals surface area contributed by atoms with Crippen LogP contribution in [0.3, 0.4) is 0 Å². The van der Waals surface area contributed by atoms with Crippen LogP contribution in [0.4, 0.5) is 0 Å². The van der Waals surface area contributed by atoms with Crippen molar-refractivity contribution in [3.05, 3.63) is 11.7 Å². The molecule has 4 nitrogen and oxygen atoms in total. The summed E-state index contributed by atoms with van der Waals surface area (Å²) in [5.74, 6) is 2.28. The second-order valence-electron chi connectivity index (χ2n) is 6.44. The van der Waals surface area contributed by atoms with Crippen LogP contribution in [-0.4, -0.2) is 10.1 Å². The maximum atomic E-state index is 6.37. The van der Waals surface area contributed by atoms with Crippen molar-refractivity contribution in [1.82, 2.24) is 10.1 Å². The fourth-order valence-electron chi connectivity index (χ4n) is 3.58. The molecular formula is C15H25N3O. The SMILES string of the molecule is NC1(c2noc(CC3CCCCCC3)n2)CCCC1. The van der Waals surface area contributed by atoms with E-state index in [-0.39, 0.29) is 5.54 Å². The monoisotopic (exact) mass is 263 g/mol. The Bertz CT molecular complexity index is 401. The van der Waals surface area contributed by atoms with Crippen LogP contribution in [-0.2, 0) is 12.0 Å². The van der Waals surface area contributed by atoms with E-state index in [0.29, 0.717) is 0 Å². The molecule has 2 aliphatic carbocycles. The Morgan fingerprint density at radius 2 is 1.74 bits per heavy atom. The van der Waals surface area contributed by atoms with Crippen molar-refractivity contribution >= 4 is 0 Å². The molecule has 0 bridgehead atoms. The summed E-state index contributed by atoms with van der Waals surface area (Å²) in [6.07, 6.45) is 13.4. The third kappa shape index (κ3) is 2.99. The van der Waals surface area contributed by atoms with Gasteiger partial charge in [-0.1, -0.05) is 43.7 Å². The number of rotatable bonds is 3. The average molecular weight is 263 g/mol. The fourth-order valence-corrected chi connectivity index (χ4v) is 3.58. The normalized spacial score (nSPS) is 24.5. The lowest BCUT2D eigenvalue weighted by Crippen LogP contribution is -2.34. The molecule has 1 aromatic heterocycles. The molecule has 4 heteroatoms. The Labute approximate surface area is 115 Å². The molecule has 2 fully saturated rings. The lowest BCUT2D eigenvalue weighted by Gasteiger charge is -2.17. The van der Waals surface area contributed by atoms with E-state index in [1.165, 1.54) is 51.4 Å². The Balaban J connectivity index is 1.64. The Morgan fingerprint density at radius 1 is 1.05 bits per heavy atom. The van der Waals surface area contributed by atoms with Crippen LogP contribution >= 0.6 is 0 Å². The summed E-state index contributed by atoms with van der Waals surface area (Å²) in [6, 6.07) is 0. The van der Waals surface area contributed by atoms with E-state index in [1.54, 1.807) is 0 Å². The quantitative estimate of drug-likeness (QED) is 0.850. The predicted molar refractivity (Wildman–Crippen MR) is 73.5 cm³/mol. The van der Waals surface area contributed by atoms with Crippen LogP contribution in [0.15, 0.2) is 4.52 Å². The number of hydrogen-bond donors (Lipinski definition) is 1. The van der Waals surface area contributed by atoms with Gasteiger partial charge in [0.1, 0.15) is 0 Å². The highest BCUT2D eigenvalue weighted by molar-refractivity contribution is 5.06. The number of nitrogens with zero attached hydrogens (tertiary/aromatic N) is 2. The van der Waals surface area contributed by atoms with Gasteiger partial charge < -0.3 is 10.3 Å². The van der Waals surface area contributed by atoms with Gasteiger partial charge in [-0.05, 0) is 31.6 Å². The van der Waals surface area contributed by atoms with E-state index in [9.17, 15) is 0 Å². The van der Waals surface area contributed by atoms with Crippen molar-refractivity contribution in [3.63, 3.8) is 0 Å². The van der Waals surface area contributed by atoms with E-state index in [4.69, 9.17) is 10.3 Å². The van der Waals surface area contributed by atoms with Crippen molar-refractivity contribution < 1.29 is 4.52 Å². The van der Waals surface area contributed by atoms with Crippen molar-refractivity contribution in [3.8, 4) is 0 Å². The van der Waals surface area contributed by atoms with Crippen LogP contribution < -0.4 is 5.73 Å². The van der Waals surface area contributed by atoms with Gasteiger partial charge in [0.05, 0.1) is 5.54 Å². The summed E-state index contributed by atoms with van der Waals surface area (Å²) in [7, 11) is 0. The minimum Gasteiger partial charge on any atom is -0.339 e. The van der Waals surface area contributed by atoms with Gasteiger partial charge in [-0.15, -0.1) is 0 Å². The smallest absolute Gasteiger partial charge is 0.226 e. The molecule has 0 aliphatic heterocycles. The summed E-state index contributed by atoms with van der Waals surface area (Å²) in [5.41, 5.74) is 6.05. The Hall–Kier alpha value is -0.900. The first-order valence-electron chi connectivity index (χ1n) is 7.88. The van der Waals surface area contributed by atoms with Gasteiger partial charge in [0.15, 0.2) is 5.82 Å². The highest BCUT2D eigenvalue weighted by atomic mass is 16.5. The molecule has 1 heterocycles. The van der Waals surface area contributed by atoms with Gasteiger partial charge in [-0.25, -0.2) is 0 Å². The lowest BCUT2D eigenvalue weighted by molar-refractivity contribution is 0.325. The van der Waals surface area contributed by atoms with Crippen molar-refractivity contribution in [2.45, 2.75) is 76.2 Å². The zero-order chi connectivity index (χ0) is 13.1. The first-order valence-corrected chi connectivity index (χ1v) is 7.88. The molecule has 3 rings (SSSR count). The molecule has 106 valence electrons. The van der Waals surface area contributed by atoms with Gasteiger partial charge in [0.25, 0.3) is 0 Å². The fraction of sp³-hybridized carbons (Fsp3) is 0.867. The highest BCUT2D eigenvalue weighted by Crippen LogP contribution is 2.35. The molecule has 0 spiro atoms. The zero-order valence-corrected chi connectivity index (χ0v) is 11.7. The summed E-state index contributed by atoms with van der Waals surface area (Å²) >= 11 is 0. The number of hydrogen-bond acceptors (Lipinski definition) is 4. The zero-order valence-electron chi connectivity index (χ0n) is 11.7. The molecule has 0 aromatic carbocycles. The number of nitrogens with two attached hydrogens (primary N) is 1. The van der Waals surface area contributed by atoms with Crippen LogP contribution in [0.2, 0.25) is 0 Å². The third-order valence-electron chi connectivity index (χ3n) is 4.85. The average Bonchev–Trinajstić information content (AvgIpc) is 2.96. The van der Waals surface area contributed by atoms with Crippen LogP contribution in [0.25, 0.3) is 0 Å². The standard InChI is InChI=1S/C15H25N3O/c16-15(9-5-6-10-15)14-17-13(19-18-14)11-12-7-3-1-2-4-8-12/h12H,1-11,16H2. The molecule has 0 atom stereocenters. The Morgan fingerprint density at radius 3 is 2.42 bits per heavy atom. The van der Waals surface area contributed by atoms with E-state index in [1.807, 2.05) is 0 Å². The van der Waals surface area contributed by atoms with Crippen LogP contribution in [0.1, 0.15) is 75.9 Å². The minimum atomic E-state index is -0.314. The second-order valence-corrected chi connectivity index (χ2v) is 6.44. The first-order chi connectivity index (χ1) is 9.26. The molecule has 1 aromatic rings. The molecule has 2 N–H and O–H groups in total. The predicted octanol–water partition coefficient (Wildman–Crippen LogP) is 3.31. The summed E-state index contributed by atoms with van der Waals surface area (Å²) in [4.78, 5) is 4.59.